The van der Waals surface area contributed by atoms with Gasteiger partial charge in [-0.25, -0.2) is 4.98 Å². The molecule has 18 heavy (non-hydrogen) atoms. The molecule has 2 aromatic rings. The fraction of sp³-hybridized carbons (Fsp3) is 0.462. The van der Waals surface area contributed by atoms with Crippen LogP contribution in [-0.4, -0.2) is 16.1 Å². The third-order valence-electron chi connectivity index (χ3n) is 3.07. The summed E-state index contributed by atoms with van der Waals surface area (Å²) in [5.74, 6) is 0.960. The first kappa shape index (κ1) is 13.6. The molecular weight excluding hydrogens is 266 g/mol. The quantitative estimate of drug-likeness (QED) is 0.913. The van der Waals surface area contributed by atoms with E-state index in [1.807, 2.05) is 11.6 Å². The van der Waals surface area contributed by atoms with Gasteiger partial charge in [-0.05, 0) is 11.4 Å². The highest BCUT2D eigenvalue weighted by Crippen LogP contribution is 2.26. The molecule has 0 aromatic carbocycles. The van der Waals surface area contributed by atoms with Crippen molar-refractivity contribution in [2.45, 2.75) is 25.8 Å². The number of thiophene rings is 1. The van der Waals surface area contributed by atoms with Gasteiger partial charge in [-0.3, -0.25) is 0 Å². The molecule has 0 saturated carbocycles. The van der Waals surface area contributed by atoms with Crippen molar-refractivity contribution in [1.82, 2.24) is 14.9 Å². The predicted octanol–water partition coefficient (Wildman–Crippen LogP) is 3.20. The van der Waals surface area contributed by atoms with Crippen LogP contribution in [0.4, 0.5) is 0 Å². The fourth-order valence-corrected chi connectivity index (χ4v) is 2.82. The monoisotopic (exact) mass is 283 g/mol. The van der Waals surface area contributed by atoms with Gasteiger partial charge in [0.15, 0.2) is 0 Å². The highest BCUT2D eigenvalue weighted by Gasteiger charge is 2.21. The molecule has 2 rings (SSSR count). The minimum Gasteiger partial charge on any atom is -0.321 e. The molecule has 0 atom stereocenters. The van der Waals surface area contributed by atoms with Gasteiger partial charge in [-0.15, -0.1) is 11.3 Å². The van der Waals surface area contributed by atoms with Crippen molar-refractivity contribution in [3.8, 4) is 0 Å². The second kappa shape index (κ2) is 5.43. The largest absolute Gasteiger partial charge is 0.321 e. The van der Waals surface area contributed by atoms with Crippen LogP contribution in [0, 0.1) is 0 Å². The molecule has 0 aliphatic rings. The highest BCUT2D eigenvalue weighted by atomic mass is 35.5. The zero-order chi connectivity index (χ0) is 13.2. The van der Waals surface area contributed by atoms with Gasteiger partial charge < -0.3 is 9.88 Å². The summed E-state index contributed by atoms with van der Waals surface area (Å²) in [5.41, 5.74) is 0.142. The van der Waals surface area contributed by atoms with E-state index in [1.165, 1.54) is 4.88 Å². The van der Waals surface area contributed by atoms with Gasteiger partial charge in [-0.1, -0.05) is 31.5 Å². The Balaban J connectivity index is 1.91. The van der Waals surface area contributed by atoms with Crippen molar-refractivity contribution < 1.29 is 0 Å². The van der Waals surface area contributed by atoms with E-state index >= 15 is 0 Å². The fourth-order valence-electron chi connectivity index (χ4n) is 1.83. The Morgan fingerprint density at radius 2 is 2.28 bits per heavy atom. The third-order valence-corrected chi connectivity index (χ3v) is 4.65. The SMILES string of the molecule is Cn1c(Cl)cnc1CNCC(C)(C)c1cccs1. The molecule has 0 spiro atoms. The first-order valence-electron chi connectivity index (χ1n) is 5.91. The average molecular weight is 284 g/mol. The van der Waals surface area contributed by atoms with Crippen molar-refractivity contribution in [1.29, 1.82) is 0 Å². The zero-order valence-corrected chi connectivity index (χ0v) is 12.5. The van der Waals surface area contributed by atoms with Gasteiger partial charge in [0.05, 0.1) is 12.7 Å². The number of halogens is 1. The van der Waals surface area contributed by atoms with E-state index in [0.29, 0.717) is 5.15 Å². The van der Waals surface area contributed by atoms with Gasteiger partial charge in [0.2, 0.25) is 0 Å². The molecule has 0 bridgehead atoms. The smallest absolute Gasteiger partial charge is 0.128 e. The van der Waals surface area contributed by atoms with Crippen molar-refractivity contribution in [3.63, 3.8) is 0 Å². The van der Waals surface area contributed by atoms with Crippen LogP contribution >= 0.6 is 22.9 Å². The normalized spacial score (nSPS) is 12.0. The number of rotatable bonds is 5. The maximum Gasteiger partial charge on any atom is 0.128 e. The molecule has 98 valence electrons. The average Bonchev–Trinajstić information content (AvgIpc) is 2.94. The molecule has 5 heteroatoms. The number of hydrogen-bond donors (Lipinski definition) is 1. The van der Waals surface area contributed by atoms with E-state index in [4.69, 9.17) is 11.6 Å². The first-order valence-corrected chi connectivity index (χ1v) is 7.17. The molecule has 0 aliphatic carbocycles. The summed E-state index contributed by atoms with van der Waals surface area (Å²) < 4.78 is 1.90. The van der Waals surface area contributed by atoms with Crippen molar-refractivity contribution in [2.24, 2.45) is 7.05 Å². The van der Waals surface area contributed by atoms with Gasteiger partial charge in [0.1, 0.15) is 11.0 Å². The lowest BCUT2D eigenvalue weighted by Gasteiger charge is -2.23. The maximum absolute atomic E-state index is 5.95. The lowest BCUT2D eigenvalue weighted by molar-refractivity contribution is 0.469. The number of nitrogens with one attached hydrogen (secondary N) is 1. The van der Waals surface area contributed by atoms with Crippen LogP contribution in [0.1, 0.15) is 24.5 Å². The van der Waals surface area contributed by atoms with E-state index in [9.17, 15) is 0 Å². The Morgan fingerprint density at radius 1 is 1.50 bits per heavy atom. The topological polar surface area (TPSA) is 29.9 Å². The Morgan fingerprint density at radius 3 is 2.83 bits per heavy atom. The van der Waals surface area contributed by atoms with Crippen LogP contribution in [-0.2, 0) is 19.0 Å². The van der Waals surface area contributed by atoms with Crippen LogP contribution in [0.25, 0.3) is 0 Å². The second-order valence-electron chi connectivity index (χ2n) is 5.02. The lowest BCUT2D eigenvalue weighted by Crippen LogP contribution is -2.32. The predicted molar refractivity (Wildman–Crippen MR) is 77.3 cm³/mol. The Hall–Kier alpha value is -0.840. The molecule has 1 N–H and O–H groups in total. The number of hydrogen-bond acceptors (Lipinski definition) is 3. The Labute approximate surface area is 117 Å². The van der Waals surface area contributed by atoms with E-state index in [0.717, 1.165) is 18.9 Å². The first-order chi connectivity index (χ1) is 8.50. The van der Waals surface area contributed by atoms with Crippen LogP contribution < -0.4 is 5.32 Å². The number of imidazole rings is 1. The summed E-state index contributed by atoms with van der Waals surface area (Å²) in [5, 5.41) is 6.24. The van der Waals surface area contributed by atoms with E-state index in [-0.39, 0.29) is 5.41 Å². The third kappa shape index (κ3) is 2.94. The Kier molecular flexibility index (Phi) is 4.10. The second-order valence-corrected chi connectivity index (χ2v) is 6.36. The van der Waals surface area contributed by atoms with Crippen molar-refractivity contribution >= 4 is 22.9 Å². The van der Waals surface area contributed by atoms with E-state index in [2.05, 4.69) is 41.7 Å². The summed E-state index contributed by atoms with van der Waals surface area (Å²) in [4.78, 5) is 5.66. The molecule has 0 unspecified atom stereocenters. The number of aromatic nitrogens is 2. The summed E-state index contributed by atoms with van der Waals surface area (Å²) >= 11 is 7.76. The lowest BCUT2D eigenvalue weighted by atomic mass is 9.91. The molecule has 0 fully saturated rings. The molecule has 2 aromatic heterocycles. The molecule has 0 aliphatic heterocycles. The maximum atomic E-state index is 5.95. The van der Waals surface area contributed by atoms with Crippen LogP contribution in [0.5, 0.6) is 0 Å². The standard InChI is InChI=1S/C13H18ClN3S/c1-13(2,10-5-4-6-18-10)9-15-8-12-16-7-11(14)17(12)3/h4-7,15H,8-9H2,1-3H3. The molecule has 0 saturated heterocycles. The highest BCUT2D eigenvalue weighted by molar-refractivity contribution is 7.10. The minimum atomic E-state index is 0.142. The Bertz CT molecular complexity index is 502. The molecule has 0 radical (unpaired) electrons. The molecule has 0 amide bonds. The minimum absolute atomic E-state index is 0.142. The van der Waals surface area contributed by atoms with E-state index < -0.39 is 0 Å². The van der Waals surface area contributed by atoms with Crippen molar-refractivity contribution in [2.75, 3.05) is 6.54 Å². The van der Waals surface area contributed by atoms with Gasteiger partial charge in [0, 0.05) is 23.9 Å². The molecular formula is C13H18ClN3S. The summed E-state index contributed by atoms with van der Waals surface area (Å²) in [6, 6.07) is 4.28. The zero-order valence-electron chi connectivity index (χ0n) is 10.9. The number of nitrogens with zero attached hydrogens (tertiary/aromatic N) is 2. The molecule has 3 nitrogen and oxygen atoms in total. The van der Waals surface area contributed by atoms with Gasteiger partial charge >= 0.3 is 0 Å². The van der Waals surface area contributed by atoms with Crippen LogP contribution in [0.2, 0.25) is 5.15 Å². The summed E-state index contributed by atoms with van der Waals surface area (Å²) in [6.07, 6.45) is 1.68. The van der Waals surface area contributed by atoms with Gasteiger partial charge in [0.25, 0.3) is 0 Å². The summed E-state index contributed by atoms with van der Waals surface area (Å²) in [6.45, 7) is 6.14. The van der Waals surface area contributed by atoms with E-state index in [1.54, 1.807) is 17.5 Å². The van der Waals surface area contributed by atoms with Crippen LogP contribution in [0.15, 0.2) is 23.7 Å². The van der Waals surface area contributed by atoms with Crippen molar-refractivity contribution in [3.05, 3.63) is 39.6 Å². The summed E-state index contributed by atoms with van der Waals surface area (Å²) in [7, 11) is 1.93. The van der Waals surface area contributed by atoms with Crippen LogP contribution in [0.3, 0.4) is 0 Å². The molecule has 2 heterocycles. The van der Waals surface area contributed by atoms with Gasteiger partial charge in [-0.2, -0.15) is 0 Å².